The summed E-state index contributed by atoms with van der Waals surface area (Å²) in [5.41, 5.74) is 3.29. The molecule has 2 aromatic heterocycles. The molecule has 0 N–H and O–H groups in total. The second-order valence-corrected chi connectivity index (χ2v) is 22.3. The van der Waals surface area contributed by atoms with Crippen LogP contribution in [0.1, 0.15) is 22.5 Å². The van der Waals surface area contributed by atoms with Crippen molar-refractivity contribution in [2.75, 3.05) is 62.2 Å². The number of sulfonamides is 2. The molecule has 0 atom stereocenters. The molecule has 4 heterocycles. The maximum Gasteiger partial charge on any atom is 0.243 e. The van der Waals surface area contributed by atoms with Crippen LogP contribution in [0, 0.1) is 11.6 Å². The van der Waals surface area contributed by atoms with Crippen LogP contribution >= 0.6 is 92.3 Å². The highest BCUT2D eigenvalue weighted by atomic mass is 35.5. The number of piperazine rings is 2. The number of benzene rings is 4. The molecule has 0 spiro atoms. The van der Waals surface area contributed by atoms with E-state index in [0.29, 0.717) is 70.2 Å². The first-order chi connectivity index (χ1) is 29.4. The first-order valence-corrected chi connectivity index (χ1v) is 25.5. The smallest absolute Gasteiger partial charge is 0.243 e. The Hall–Kier alpha value is -2.84. The molecule has 328 valence electrons. The van der Waals surface area contributed by atoms with Crippen LogP contribution in [0.25, 0.3) is 0 Å². The second-order valence-electron chi connectivity index (χ2n) is 14.1. The monoisotopic (exact) mass is 1040 g/mol. The zero-order chi connectivity index (χ0) is 44.3. The normalized spacial score (nSPS) is 15.4. The summed E-state index contributed by atoms with van der Waals surface area (Å²) in [5.74, 6) is -0.825. The van der Waals surface area contributed by atoms with Crippen molar-refractivity contribution in [3.8, 4) is 0 Å². The van der Waals surface area contributed by atoms with Gasteiger partial charge in [-0.1, -0.05) is 75.7 Å². The van der Waals surface area contributed by atoms with Crippen LogP contribution in [0.15, 0.2) is 93.3 Å². The lowest BCUT2D eigenvalue weighted by Gasteiger charge is -2.33. The predicted octanol–water partition coefficient (Wildman–Crippen LogP) is 10.7. The van der Waals surface area contributed by atoms with Crippen LogP contribution in [0.4, 0.5) is 19.0 Å². The molecule has 2 fully saturated rings. The minimum atomic E-state index is -3.68. The average molecular weight is 1040 g/mol. The van der Waals surface area contributed by atoms with Gasteiger partial charge in [-0.2, -0.15) is 8.61 Å². The summed E-state index contributed by atoms with van der Waals surface area (Å²) in [4.78, 5) is 13.6. The van der Waals surface area contributed by atoms with E-state index in [0.717, 1.165) is 32.8 Å². The Morgan fingerprint density at radius 2 is 0.935 bits per heavy atom. The van der Waals surface area contributed by atoms with Crippen molar-refractivity contribution in [3.63, 3.8) is 0 Å². The molecule has 0 unspecified atom stereocenters. The minimum Gasteiger partial charge on any atom is -0.345 e. The fourth-order valence-corrected chi connectivity index (χ4v) is 13.2. The molecular weight excluding hydrogens is 1010 g/mol. The third-order valence-corrected chi connectivity index (χ3v) is 16.8. The standard InChI is InChI=1S/2C20H17Cl3FN3O2S2/c21-14-5-13(6-17(24)9-14)7-18-12-30-20(25-18)26-1-3-27(4-2-26)31(28,29)19-10-15(22)8-16(23)11-19;21-14-9-15(22)11-17(10-14)31(28,29)27-5-3-26(4-6-27)20-25-16(12-30-20)7-13-1-2-19(24)18(23)8-13/h5-6,8-12H,1-4,7H2;1-2,8-12H,3-7H2. The SMILES string of the molecule is O=S(=O)(c1cc(Cl)cc(Cl)c1)N1CCN(c2nc(Cc3cc(F)cc(Cl)c3)cs2)CC1.O=S(=O)(c1cc(Cl)cc(Cl)c1)N1CCN(c2nc(Cc3ccc(F)c(Cl)c3)cs2)CC1. The van der Waals surface area contributed by atoms with Crippen LogP contribution in [0.2, 0.25) is 30.1 Å². The first kappa shape index (κ1) is 47.1. The molecule has 2 aliphatic rings. The van der Waals surface area contributed by atoms with E-state index in [9.17, 15) is 25.6 Å². The first-order valence-electron chi connectivity index (χ1n) is 18.6. The molecule has 0 radical (unpaired) electrons. The van der Waals surface area contributed by atoms with Gasteiger partial charge in [0.05, 0.1) is 26.2 Å². The van der Waals surface area contributed by atoms with E-state index >= 15 is 0 Å². The van der Waals surface area contributed by atoms with Gasteiger partial charge in [-0.05, 0) is 77.9 Å². The van der Waals surface area contributed by atoms with Gasteiger partial charge in [-0.25, -0.2) is 35.6 Å². The zero-order valence-corrected chi connectivity index (χ0v) is 39.9. The third kappa shape index (κ3) is 11.7. The molecule has 0 bridgehead atoms. The number of anilines is 2. The average Bonchev–Trinajstić information content (AvgIpc) is 3.89. The molecule has 62 heavy (non-hydrogen) atoms. The summed E-state index contributed by atoms with van der Waals surface area (Å²) in [7, 11) is -7.36. The highest BCUT2D eigenvalue weighted by Gasteiger charge is 2.31. The van der Waals surface area contributed by atoms with E-state index < -0.39 is 25.9 Å². The Kier molecular flexibility index (Phi) is 15.3. The number of nitrogens with zero attached hydrogens (tertiary/aromatic N) is 6. The van der Waals surface area contributed by atoms with Gasteiger partial charge in [0.2, 0.25) is 20.0 Å². The summed E-state index contributed by atoms with van der Waals surface area (Å²) >= 11 is 38.6. The Morgan fingerprint density at radius 1 is 0.516 bits per heavy atom. The van der Waals surface area contributed by atoms with Gasteiger partial charge in [0.25, 0.3) is 0 Å². The number of halogens is 8. The maximum absolute atomic E-state index is 13.5. The van der Waals surface area contributed by atoms with E-state index in [-0.39, 0.29) is 40.7 Å². The zero-order valence-electron chi connectivity index (χ0n) is 32.1. The molecule has 2 saturated heterocycles. The number of rotatable bonds is 10. The van der Waals surface area contributed by atoms with Crippen LogP contribution in [-0.4, -0.2) is 87.8 Å². The molecule has 0 aliphatic carbocycles. The lowest BCUT2D eigenvalue weighted by molar-refractivity contribution is 0.384. The van der Waals surface area contributed by atoms with E-state index in [2.05, 4.69) is 14.9 Å². The van der Waals surface area contributed by atoms with Crippen LogP contribution in [-0.2, 0) is 32.9 Å². The highest BCUT2D eigenvalue weighted by molar-refractivity contribution is 7.89. The van der Waals surface area contributed by atoms with Crippen molar-refractivity contribution in [1.29, 1.82) is 0 Å². The number of hydrogen-bond acceptors (Lipinski definition) is 10. The van der Waals surface area contributed by atoms with Crippen molar-refractivity contribution in [3.05, 3.63) is 148 Å². The fourth-order valence-electron chi connectivity index (χ4n) is 6.72. The third-order valence-electron chi connectivity index (χ3n) is 9.72. The molecule has 4 aromatic carbocycles. The second kappa shape index (κ2) is 20.1. The lowest BCUT2D eigenvalue weighted by atomic mass is 10.1. The largest absolute Gasteiger partial charge is 0.345 e. The number of hydrogen-bond donors (Lipinski definition) is 0. The lowest BCUT2D eigenvalue weighted by Crippen LogP contribution is -2.48. The fraction of sp³-hybridized carbons (Fsp3) is 0.250. The highest BCUT2D eigenvalue weighted by Crippen LogP contribution is 2.31. The summed E-state index contributed by atoms with van der Waals surface area (Å²) in [6, 6.07) is 17.7. The van der Waals surface area contributed by atoms with E-state index in [4.69, 9.17) is 69.6 Å². The quantitative estimate of drug-likeness (QED) is 0.134. The van der Waals surface area contributed by atoms with Gasteiger partial charge in [-0.3, -0.25) is 0 Å². The molecule has 0 amide bonds. The van der Waals surface area contributed by atoms with Crippen LogP contribution in [0.5, 0.6) is 0 Å². The van der Waals surface area contributed by atoms with Crippen molar-refractivity contribution in [1.82, 2.24) is 18.6 Å². The van der Waals surface area contributed by atoms with Gasteiger partial charge in [0.1, 0.15) is 11.6 Å². The Bertz CT molecular complexity index is 2740. The molecule has 8 rings (SSSR count). The van der Waals surface area contributed by atoms with E-state index in [1.807, 2.05) is 15.7 Å². The predicted molar refractivity (Wildman–Crippen MR) is 248 cm³/mol. The maximum atomic E-state index is 13.5. The van der Waals surface area contributed by atoms with Gasteiger partial charge in [-0.15, -0.1) is 22.7 Å². The van der Waals surface area contributed by atoms with E-state index in [1.165, 1.54) is 85.9 Å². The molecule has 6 aromatic rings. The summed E-state index contributed by atoms with van der Waals surface area (Å²) in [6.45, 7) is 3.34. The van der Waals surface area contributed by atoms with Crippen LogP contribution in [0.3, 0.4) is 0 Å². The van der Waals surface area contributed by atoms with Gasteiger partial charge in [0, 0.05) is 101 Å². The molecule has 2 aliphatic heterocycles. The van der Waals surface area contributed by atoms with Crippen LogP contribution < -0.4 is 9.80 Å². The van der Waals surface area contributed by atoms with Crippen molar-refractivity contribution < 1.29 is 25.6 Å². The summed E-state index contributed by atoms with van der Waals surface area (Å²) < 4.78 is 81.5. The summed E-state index contributed by atoms with van der Waals surface area (Å²) in [6.07, 6.45) is 1.01. The molecular formula is C40H34Cl6F2N6O4S4. The van der Waals surface area contributed by atoms with Gasteiger partial charge < -0.3 is 9.80 Å². The molecule has 0 saturated carbocycles. The van der Waals surface area contributed by atoms with E-state index in [1.54, 1.807) is 18.2 Å². The van der Waals surface area contributed by atoms with Gasteiger partial charge >= 0.3 is 0 Å². The molecule has 10 nitrogen and oxygen atoms in total. The Morgan fingerprint density at radius 3 is 1.35 bits per heavy atom. The van der Waals surface area contributed by atoms with Crippen molar-refractivity contribution >= 4 is 123 Å². The minimum absolute atomic E-state index is 0.0868. The van der Waals surface area contributed by atoms with Crippen molar-refractivity contribution in [2.24, 2.45) is 0 Å². The summed E-state index contributed by atoms with van der Waals surface area (Å²) in [5, 5.41) is 7.06. The Balaban J connectivity index is 0.000000186. The number of thiazole rings is 2. The topological polar surface area (TPSA) is 107 Å². The number of aromatic nitrogens is 2. The van der Waals surface area contributed by atoms with Gasteiger partial charge in [0.15, 0.2) is 10.3 Å². The molecule has 22 heteroatoms. The van der Waals surface area contributed by atoms with Crippen molar-refractivity contribution in [2.45, 2.75) is 22.6 Å². The Labute approximate surface area is 396 Å².